The summed E-state index contributed by atoms with van der Waals surface area (Å²) >= 11 is 6.05. The Labute approximate surface area is 165 Å². The van der Waals surface area contributed by atoms with Crippen LogP contribution in [0.3, 0.4) is 0 Å². The molecule has 2 atom stereocenters. The summed E-state index contributed by atoms with van der Waals surface area (Å²) in [6.07, 6.45) is 6.91. The molecule has 1 aliphatic heterocycles. The van der Waals surface area contributed by atoms with E-state index in [2.05, 4.69) is 36.1 Å². The Morgan fingerprint density at radius 1 is 1.11 bits per heavy atom. The summed E-state index contributed by atoms with van der Waals surface area (Å²) in [5.41, 5.74) is 3.16. The summed E-state index contributed by atoms with van der Waals surface area (Å²) in [6, 6.07) is 18.1. The molecule has 2 unspecified atom stereocenters. The first-order valence-electron chi connectivity index (χ1n) is 9.30. The van der Waals surface area contributed by atoms with Gasteiger partial charge in [0.2, 0.25) is 0 Å². The maximum atomic E-state index is 12.1. The third-order valence-electron chi connectivity index (χ3n) is 4.75. The van der Waals surface area contributed by atoms with Crippen LogP contribution < -0.4 is 4.90 Å². The summed E-state index contributed by atoms with van der Waals surface area (Å²) in [4.78, 5) is 14.2. The standard InChI is InChI=1S/C23H24ClNO2/c1-3-20-21(15-10-17-8-6-5-7-9-17)25(19-13-11-18(24)12-14-19)22(20)16-23(26)27-4-2/h5-16,20-21H,3-4H2,1-2H3/b15-10+,22-16-. The van der Waals surface area contributed by atoms with Crippen LogP contribution in [0, 0.1) is 5.92 Å². The summed E-state index contributed by atoms with van der Waals surface area (Å²) in [5.74, 6) is -0.0274. The summed E-state index contributed by atoms with van der Waals surface area (Å²) in [5, 5.41) is 0.693. The van der Waals surface area contributed by atoms with Gasteiger partial charge in [-0.15, -0.1) is 0 Å². The Kier molecular flexibility index (Phi) is 6.36. The Morgan fingerprint density at radius 2 is 1.81 bits per heavy atom. The van der Waals surface area contributed by atoms with Crippen LogP contribution in [0.1, 0.15) is 25.8 Å². The van der Waals surface area contributed by atoms with Crippen molar-refractivity contribution in [3.05, 3.63) is 83.0 Å². The highest BCUT2D eigenvalue weighted by Gasteiger charge is 2.41. The van der Waals surface area contributed by atoms with E-state index in [1.54, 1.807) is 6.08 Å². The molecule has 0 N–H and O–H groups in total. The molecule has 0 spiro atoms. The lowest BCUT2D eigenvalue weighted by atomic mass is 9.80. The molecule has 1 saturated heterocycles. The Balaban J connectivity index is 1.93. The number of rotatable bonds is 6. The molecule has 3 nitrogen and oxygen atoms in total. The lowest BCUT2D eigenvalue weighted by molar-refractivity contribution is -0.137. The minimum absolute atomic E-state index is 0.178. The van der Waals surface area contributed by atoms with E-state index >= 15 is 0 Å². The number of esters is 1. The van der Waals surface area contributed by atoms with Gasteiger partial charge in [0.1, 0.15) is 0 Å². The van der Waals surface area contributed by atoms with E-state index in [4.69, 9.17) is 16.3 Å². The highest BCUT2D eigenvalue weighted by atomic mass is 35.5. The van der Waals surface area contributed by atoms with Crippen LogP contribution in [-0.2, 0) is 9.53 Å². The van der Waals surface area contributed by atoms with Crippen LogP contribution in [-0.4, -0.2) is 18.6 Å². The molecule has 1 heterocycles. The van der Waals surface area contributed by atoms with Gasteiger partial charge in [0.05, 0.1) is 12.6 Å². The van der Waals surface area contributed by atoms with Gasteiger partial charge in [-0.25, -0.2) is 4.79 Å². The van der Waals surface area contributed by atoms with E-state index in [1.807, 2.05) is 49.4 Å². The minimum Gasteiger partial charge on any atom is -0.463 e. The van der Waals surface area contributed by atoms with Crippen LogP contribution >= 0.6 is 11.6 Å². The molecule has 3 rings (SSSR count). The number of carbonyl (C=O) groups is 1. The van der Waals surface area contributed by atoms with Crippen molar-refractivity contribution in [2.24, 2.45) is 5.92 Å². The van der Waals surface area contributed by atoms with Gasteiger partial charge in [0.25, 0.3) is 0 Å². The van der Waals surface area contributed by atoms with Crippen molar-refractivity contribution in [1.29, 1.82) is 0 Å². The molecule has 1 aliphatic rings. The molecule has 4 heteroatoms. The summed E-state index contributed by atoms with van der Waals surface area (Å²) < 4.78 is 5.13. The molecule has 1 fully saturated rings. The Morgan fingerprint density at radius 3 is 2.44 bits per heavy atom. The normalized spacial score (nSPS) is 20.7. The van der Waals surface area contributed by atoms with Crippen molar-refractivity contribution in [2.75, 3.05) is 11.5 Å². The molecule has 27 heavy (non-hydrogen) atoms. The van der Waals surface area contributed by atoms with E-state index in [0.29, 0.717) is 11.6 Å². The molecule has 2 aromatic carbocycles. The van der Waals surface area contributed by atoms with Crippen molar-refractivity contribution in [3.8, 4) is 0 Å². The number of hydrogen-bond donors (Lipinski definition) is 0. The third kappa shape index (κ3) is 4.42. The molecule has 0 bridgehead atoms. The largest absolute Gasteiger partial charge is 0.463 e. The number of nitrogens with zero attached hydrogens (tertiary/aromatic N) is 1. The van der Waals surface area contributed by atoms with E-state index in [-0.39, 0.29) is 17.9 Å². The number of benzene rings is 2. The summed E-state index contributed by atoms with van der Waals surface area (Å²) in [6.45, 7) is 4.33. The van der Waals surface area contributed by atoms with Crippen molar-refractivity contribution in [1.82, 2.24) is 0 Å². The van der Waals surface area contributed by atoms with Gasteiger partial charge in [-0.2, -0.15) is 0 Å². The van der Waals surface area contributed by atoms with Gasteiger partial charge >= 0.3 is 5.97 Å². The molecular formula is C23H24ClNO2. The highest BCUT2D eigenvalue weighted by Crippen LogP contribution is 2.43. The fourth-order valence-electron chi connectivity index (χ4n) is 3.47. The van der Waals surface area contributed by atoms with Crippen LogP contribution in [0.15, 0.2) is 72.4 Å². The number of anilines is 1. The molecule has 0 aliphatic carbocycles. The lowest BCUT2D eigenvalue weighted by Gasteiger charge is -2.50. The second-order valence-electron chi connectivity index (χ2n) is 6.44. The average molecular weight is 382 g/mol. The molecule has 2 aromatic rings. The van der Waals surface area contributed by atoms with Crippen molar-refractivity contribution >= 4 is 29.3 Å². The van der Waals surface area contributed by atoms with Crippen molar-refractivity contribution in [2.45, 2.75) is 26.3 Å². The topological polar surface area (TPSA) is 29.5 Å². The Hall–Kier alpha value is -2.52. The molecule has 0 aromatic heterocycles. The highest BCUT2D eigenvalue weighted by molar-refractivity contribution is 6.30. The first kappa shape index (κ1) is 19.2. The monoisotopic (exact) mass is 381 g/mol. The zero-order chi connectivity index (χ0) is 19.2. The van der Waals surface area contributed by atoms with E-state index in [0.717, 1.165) is 23.4 Å². The average Bonchev–Trinajstić information content (AvgIpc) is 2.67. The number of hydrogen-bond acceptors (Lipinski definition) is 3. The SMILES string of the molecule is CCOC(=O)/C=C1/C(CC)C(/C=C/c2ccccc2)N1c1ccc(Cl)cc1. The van der Waals surface area contributed by atoms with E-state index in [9.17, 15) is 4.79 Å². The fourth-order valence-corrected chi connectivity index (χ4v) is 3.60. The van der Waals surface area contributed by atoms with Crippen molar-refractivity contribution < 1.29 is 9.53 Å². The lowest BCUT2D eigenvalue weighted by Crippen LogP contribution is -2.53. The maximum Gasteiger partial charge on any atom is 0.332 e. The van der Waals surface area contributed by atoms with Crippen molar-refractivity contribution in [3.63, 3.8) is 0 Å². The predicted molar refractivity (Wildman–Crippen MR) is 112 cm³/mol. The number of halogens is 1. The second kappa shape index (κ2) is 8.92. The first-order valence-corrected chi connectivity index (χ1v) is 9.68. The van der Waals surface area contributed by atoms with Crippen LogP contribution in [0.2, 0.25) is 5.02 Å². The zero-order valence-corrected chi connectivity index (χ0v) is 16.4. The molecule has 0 amide bonds. The quantitative estimate of drug-likeness (QED) is 0.473. The fraction of sp³-hybridized carbons (Fsp3) is 0.261. The number of carbonyl (C=O) groups excluding carboxylic acids is 1. The molecule has 140 valence electrons. The van der Waals surface area contributed by atoms with Crippen LogP contribution in [0.5, 0.6) is 0 Å². The molecular weight excluding hydrogens is 358 g/mol. The Bertz CT molecular complexity index is 827. The maximum absolute atomic E-state index is 12.1. The van der Waals surface area contributed by atoms with E-state index < -0.39 is 0 Å². The van der Waals surface area contributed by atoms with Crippen LogP contribution in [0.4, 0.5) is 5.69 Å². The summed E-state index contributed by atoms with van der Waals surface area (Å²) in [7, 11) is 0. The van der Waals surface area contributed by atoms with Gasteiger partial charge < -0.3 is 9.64 Å². The van der Waals surface area contributed by atoms with Gasteiger partial charge in [-0.05, 0) is 43.2 Å². The molecule has 0 radical (unpaired) electrons. The zero-order valence-electron chi connectivity index (χ0n) is 15.6. The smallest absolute Gasteiger partial charge is 0.332 e. The minimum atomic E-state index is -0.296. The van der Waals surface area contributed by atoms with Gasteiger partial charge in [0.15, 0.2) is 0 Å². The van der Waals surface area contributed by atoms with Gasteiger partial charge in [0, 0.05) is 28.4 Å². The van der Waals surface area contributed by atoms with Crippen LogP contribution in [0.25, 0.3) is 6.08 Å². The third-order valence-corrected chi connectivity index (χ3v) is 5.00. The van der Waals surface area contributed by atoms with E-state index in [1.165, 1.54) is 0 Å². The first-order chi connectivity index (χ1) is 13.1. The van der Waals surface area contributed by atoms with Gasteiger partial charge in [-0.1, -0.05) is 61.0 Å². The second-order valence-corrected chi connectivity index (χ2v) is 6.88. The molecule has 0 saturated carbocycles. The predicted octanol–water partition coefficient (Wildman–Crippen LogP) is 5.72. The van der Waals surface area contributed by atoms with Gasteiger partial charge in [-0.3, -0.25) is 0 Å². The number of ether oxygens (including phenoxy) is 1.